The molecular weight excluding hydrogens is 158 g/mol. The first-order chi connectivity index (χ1) is 5.86. The normalized spacial score (nSPS) is 10.2. The van der Waals surface area contributed by atoms with E-state index in [1.165, 1.54) is 0 Å². The van der Waals surface area contributed by atoms with Crippen molar-refractivity contribution < 1.29 is 9.26 Å². The van der Waals surface area contributed by atoms with Gasteiger partial charge in [0.1, 0.15) is 0 Å². The van der Waals surface area contributed by atoms with Crippen molar-refractivity contribution in [3.05, 3.63) is 5.82 Å². The summed E-state index contributed by atoms with van der Waals surface area (Å²) in [4.78, 5) is 4.03. The standard InChI is InChI=1S/C7H13N3O2/c1-3-11-5-4-6-9-7(8-2)12-10-6/h3-5H2,1-2H3,(H,8,9,10). The highest BCUT2D eigenvalue weighted by Gasteiger charge is 2.02. The van der Waals surface area contributed by atoms with E-state index in [9.17, 15) is 0 Å². The van der Waals surface area contributed by atoms with Gasteiger partial charge in [-0.05, 0) is 6.92 Å². The lowest BCUT2D eigenvalue weighted by molar-refractivity contribution is 0.149. The van der Waals surface area contributed by atoms with Crippen molar-refractivity contribution in [2.75, 3.05) is 25.6 Å². The van der Waals surface area contributed by atoms with Gasteiger partial charge in [0.15, 0.2) is 5.82 Å². The number of nitrogens with zero attached hydrogens (tertiary/aromatic N) is 2. The Labute approximate surface area is 71.1 Å². The van der Waals surface area contributed by atoms with Crippen LogP contribution >= 0.6 is 0 Å². The average molecular weight is 171 g/mol. The molecule has 0 aliphatic heterocycles. The van der Waals surface area contributed by atoms with Crippen LogP contribution in [0.2, 0.25) is 0 Å². The molecule has 0 aromatic carbocycles. The molecule has 5 heteroatoms. The molecule has 0 saturated heterocycles. The zero-order valence-electron chi connectivity index (χ0n) is 7.33. The number of hydrogen-bond acceptors (Lipinski definition) is 5. The first kappa shape index (κ1) is 8.99. The van der Waals surface area contributed by atoms with Crippen LogP contribution in [-0.4, -0.2) is 30.4 Å². The van der Waals surface area contributed by atoms with E-state index in [-0.39, 0.29) is 0 Å². The number of hydrogen-bond donors (Lipinski definition) is 1. The minimum atomic E-state index is 0.446. The molecule has 0 aliphatic carbocycles. The van der Waals surface area contributed by atoms with E-state index in [0.717, 1.165) is 6.61 Å². The Morgan fingerprint density at radius 2 is 2.42 bits per heavy atom. The molecule has 0 bridgehead atoms. The topological polar surface area (TPSA) is 60.2 Å². The Bertz CT molecular complexity index is 224. The molecule has 1 rings (SSSR count). The Hall–Kier alpha value is -1.10. The van der Waals surface area contributed by atoms with E-state index in [2.05, 4.69) is 15.5 Å². The molecule has 1 aromatic rings. The first-order valence-electron chi connectivity index (χ1n) is 3.95. The summed E-state index contributed by atoms with van der Waals surface area (Å²) in [6.45, 7) is 3.31. The number of rotatable bonds is 5. The van der Waals surface area contributed by atoms with Crippen LogP contribution in [0.3, 0.4) is 0 Å². The second-order valence-electron chi connectivity index (χ2n) is 2.21. The van der Waals surface area contributed by atoms with Crippen LogP contribution in [0.5, 0.6) is 0 Å². The molecule has 0 spiro atoms. The van der Waals surface area contributed by atoms with Gasteiger partial charge in [0.2, 0.25) is 0 Å². The van der Waals surface area contributed by atoms with E-state index >= 15 is 0 Å². The molecule has 12 heavy (non-hydrogen) atoms. The van der Waals surface area contributed by atoms with Crippen molar-refractivity contribution in [1.82, 2.24) is 10.1 Å². The SMILES string of the molecule is CCOCCc1noc(NC)n1. The third kappa shape index (κ3) is 2.50. The summed E-state index contributed by atoms with van der Waals surface area (Å²) in [5, 5.41) is 6.49. The molecule has 1 aromatic heterocycles. The lowest BCUT2D eigenvalue weighted by atomic mass is 10.4. The fourth-order valence-corrected chi connectivity index (χ4v) is 0.765. The van der Waals surface area contributed by atoms with Gasteiger partial charge in [0.25, 0.3) is 0 Å². The summed E-state index contributed by atoms with van der Waals surface area (Å²) in [5.74, 6) is 0.674. The molecule has 0 amide bonds. The minimum Gasteiger partial charge on any atom is -0.381 e. The van der Waals surface area contributed by atoms with Crippen LogP contribution in [0.15, 0.2) is 4.52 Å². The van der Waals surface area contributed by atoms with Gasteiger partial charge in [0, 0.05) is 20.1 Å². The quantitative estimate of drug-likeness (QED) is 0.660. The van der Waals surface area contributed by atoms with E-state index < -0.39 is 0 Å². The lowest BCUT2D eigenvalue weighted by Gasteiger charge is -1.94. The molecule has 0 fully saturated rings. The third-order valence-corrected chi connectivity index (χ3v) is 1.36. The predicted molar refractivity (Wildman–Crippen MR) is 44.0 cm³/mol. The maximum Gasteiger partial charge on any atom is 0.321 e. The average Bonchev–Trinajstić information content (AvgIpc) is 2.53. The molecule has 68 valence electrons. The summed E-state index contributed by atoms with van der Waals surface area (Å²) in [6.07, 6.45) is 0.693. The van der Waals surface area contributed by atoms with Crippen LogP contribution < -0.4 is 5.32 Å². The largest absolute Gasteiger partial charge is 0.381 e. The number of aromatic nitrogens is 2. The number of nitrogens with one attached hydrogen (secondary N) is 1. The van der Waals surface area contributed by atoms with Crippen LogP contribution in [0.4, 0.5) is 6.01 Å². The molecule has 0 saturated carbocycles. The fourth-order valence-electron chi connectivity index (χ4n) is 0.765. The van der Waals surface area contributed by atoms with Gasteiger partial charge < -0.3 is 14.6 Å². The van der Waals surface area contributed by atoms with Gasteiger partial charge in [-0.2, -0.15) is 4.98 Å². The molecule has 0 radical (unpaired) electrons. The monoisotopic (exact) mass is 171 g/mol. The zero-order chi connectivity index (χ0) is 8.81. The van der Waals surface area contributed by atoms with Gasteiger partial charge >= 0.3 is 6.01 Å². The van der Waals surface area contributed by atoms with Crippen LogP contribution in [0.1, 0.15) is 12.7 Å². The van der Waals surface area contributed by atoms with E-state index in [4.69, 9.17) is 9.26 Å². The molecule has 0 unspecified atom stereocenters. The highest BCUT2D eigenvalue weighted by atomic mass is 16.5. The molecule has 1 heterocycles. The van der Waals surface area contributed by atoms with Gasteiger partial charge in [-0.25, -0.2) is 0 Å². The lowest BCUT2D eigenvalue weighted by Crippen LogP contribution is -1.99. The molecule has 0 atom stereocenters. The summed E-state index contributed by atoms with van der Waals surface area (Å²) in [6, 6.07) is 0.446. The Kier molecular flexibility index (Phi) is 3.53. The fraction of sp³-hybridized carbons (Fsp3) is 0.714. The minimum absolute atomic E-state index is 0.446. The number of ether oxygens (including phenoxy) is 1. The van der Waals surface area contributed by atoms with E-state index in [1.807, 2.05) is 6.92 Å². The smallest absolute Gasteiger partial charge is 0.321 e. The van der Waals surface area contributed by atoms with Gasteiger partial charge in [-0.15, -0.1) is 0 Å². The van der Waals surface area contributed by atoms with Crippen molar-refractivity contribution in [2.24, 2.45) is 0 Å². The van der Waals surface area contributed by atoms with Crippen molar-refractivity contribution >= 4 is 6.01 Å². The summed E-state index contributed by atoms with van der Waals surface area (Å²) < 4.78 is 9.95. The van der Waals surface area contributed by atoms with Crippen molar-refractivity contribution in [1.29, 1.82) is 0 Å². The van der Waals surface area contributed by atoms with E-state index in [1.54, 1.807) is 7.05 Å². The van der Waals surface area contributed by atoms with Crippen molar-refractivity contribution in [3.8, 4) is 0 Å². The third-order valence-electron chi connectivity index (χ3n) is 1.36. The van der Waals surface area contributed by atoms with Gasteiger partial charge in [-0.3, -0.25) is 0 Å². The van der Waals surface area contributed by atoms with Crippen molar-refractivity contribution in [2.45, 2.75) is 13.3 Å². The second kappa shape index (κ2) is 4.71. The number of anilines is 1. The van der Waals surface area contributed by atoms with Gasteiger partial charge in [-0.1, -0.05) is 5.16 Å². The maximum atomic E-state index is 5.14. The predicted octanol–water partition coefficient (Wildman–Crippen LogP) is 0.690. The van der Waals surface area contributed by atoms with Crippen LogP contribution in [0, 0.1) is 0 Å². The van der Waals surface area contributed by atoms with Crippen LogP contribution in [0.25, 0.3) is 0 Å². The molecule has 0 aliphatic rings. The van der Waals surface area contributed by atoms with E-state index in [0.29, 0.717) is 24.9 Å². The first-order valence-corrected chi connectivity index (χ1v) is 3.95. The zero-order valence-corrected chi connectivity index (χ0v) is 7.33. The summed E-state index contributed by atoms with van der Waals surface area (Å²) in [7, 11) is 1.74. The van der Waals surface area contributed by atoms with Gasteiger partial charge in [0.05, 0.1) is 6.61 Å². The van der Waals surface area contributed by atoms with Crippen LogP contribution in [-0.2, 0) is 11.2 Å². The summed E-state index contributed by atoms with van der Waals surface area (Å²) in [5.41, 5.74) is 0. The maximum absolute atomic E-state index is 5.14. The molecule has 5 nitrogen and oxygen atoms in total. The highest BCUT2D eigenvalue weighted by molar-refractivity contribution is 5.15. The molecular formula is C7H13N3O2. The van der Waals surface area contributed by atoms with Crippen molar-refractivity contribution in [3.63, 3.8) is 0 Å². The highest BCUT2D eigenvalue weighted by Crippen LogP contribution is 2.01. The Morgan fingerprint density at radius 1 is 1.58 bits per heavy atom. The second-order valence-corrected chi connectivity index (χ2v) is 2.21. The molecule has 1 N–H and O–H groups in total. The Morgan fingerprint density at radius 3 is 3.00 bits per heavy atom. The Balaban J connectivity index is 2.31. The summed E-state index contributed by atoms with van der Waals surface area (Å²) >= 11 is 0.